The number of hydrogen-bond donors (Lipinski definition) is 1. The van der Waals surface area contributed by atoms with Crippen LogP contribution in [0.25, 0.3) is 0 Å². The van der Waals surface area contributed by atoms with E-state index in [1.165, 1.54) is 18.2 Å². The van der Waals surface area contributed by atoms with E-state index in [9.17, 15) is 13.9 Å². The number of aliphatic hydroxyl groups is 1. The smallest absolute Gasteiger partial charge is 0.387 e. The minimum absolute atomic E-state index is 0.0185. The molecule has 0 saturated heterocycles. The van der Waals surface area contributed by atoms with Crippen LogP contribution in [-0.2, 0) is 0 Å². The molecule has 1 aromatic carbocycles. The number of halogens is 2. The summed E-state index contributed by atoms with van der Waals surface area (Å²) < 4.78 is 34.3. The van der Waals surface area contributed by atoms with Crippen LogP contribution < -0.4 is 9.47 Å². The Labute approximate surface area is 104 Å². The number of ether oxygens (including phenoxy) is 2. The Balaban J connectivity index is 2.14. The quantitative estimate of drug-likeness (QED) is 0.851. The molecule has 0 aliphatic heterocycles. The van der Waals surface area contributed by atoms with Crippen molar-refractivity contribution >= 4 is 0 Å². The Kier molecular flexibility index (Phi) is 4.01. The average molecular weight is 257 g/mol. The molecule has 1 aliphatic rings. The summed E-state index contributed by atoms with van der Waals surface area (Å²) in [6, 6.07) is 4.33. The van der Waals surface area contributed by atoms with E-state index in [2.05, 4.69) is 11.7 Å². The first-order valence-corrected chi connectivity index (χ1v) is 5.79. The van der Waals surface area contributed by atoms with Crippen molar-refractivity contribution in [1.29, 1.82) is 0 Å². The SMILES string of the molecule is [CH2]C(O)c1ccc(OC(F)F)c(OCC2CC2)c1. The second kappa shape index (κ2) is 5.52. The summed E-state index contributed by atoms with van der Waals surface area (Å²) in [5.41, 5.74) is 0.502. The normalized spacial score (nSPS) is 16.7. The fraction of sp³-hybridized carbons (Fsp3) is 0.462. The molecule has 3 nitrogen and oxygen atoms in total. The lowest BCUT2D eigenvalue weighted by Crippen LogP contribution is -2.07. The molecule has 99 valence electrons. The van der Waals surface area contributed by atoms with E-state index in [-0.39, 0.29) is 11.5 Å². The predicted molar refractivity (Wildman–Crippen MR) is 61.6 cm³/mol. The Morgan fingerprint density at radius 1 is 1.33 bits per heavy atom. The fourth-order valence-corrected chi connectivity index (χ4v) is 1.53. The fourth-order valence-electron chi connectivity index (χ4n) is 1.53. The molecule has 0 heterocycles. The van der Waals surface area contributed by atoms with E-state index in [0.717, 1.165) is 12.8 Å². The number of aliphatic hydroxyl groups excluding tert-OH is 1. The molecular weight excluding hydrogens is 242 g/mol. The maximum Gasteiger partial charge on any atom is 0.387 e. The molecule has 0 amide bonds. The maximum absolute atomic E-state index is 12.2. The van der Waals surface area contributed by atoms with Gasteiger partial charge >= 0.3 is 6.61 Å². The van der Waals surface area contributed by atoms with E-state index in [1.807, 2.05) is 0 Å². The Hall–Kier alpha value is -1.36. The molecule has 5 heteroatoms. The average Bonchev–Trinajstić information content (AvgIpc) is 3.10. The van der Waals surface area contributed by atoms with Gasteiger partial charge in [0.15, 0.2) is 11.5 Å². The van der Waals surface area contributed by atoms with E-state index < -0.39 is 12.7 Å². The summed E-state index contributed by atoms with van der Waals surface area (Å²) in [4.78, 5) is 0. The lowest BCUT2D eigenvalue weighted by atomic mass is 10.1. The number of benzene rings is 1. The predicted octanol–water partition coefficient (Wildman–Crippen LogP) is 2.94. The van der Waals surface area contributed by atoms with Crippen molar-refractivity contribution in [2.45, 2.75) is 25.6 Å². The van der Waals surface area contributed by atoms with E-state index >= 15 is 0 Å². The van der Waals surface area contributed by atoms with Crippen LogP contribution in [0.15, 0.2) is 18.2 Å². The van der Waals surface area contributed by atoms with Gasteiger partial charge < -0.3 is 14.6 Å². The van der Waals surface area contributed by atoms with Gasteiger partial charge in [-0.05, 0) is 43.4 Å². The minimum atomic E-state index is -2.90. The van der Waals surface area contributed by atoms with Crippen molar-refractivity contribution in [3.05, 3.63) is 30.7 Å². The molecule has 18 heavy (non-hydrogen) atoms. The van der Waals surface area contributed by atoms with Crippen LogP contribution in [-0.4, -0.2) is 18.3 Å². The minimum Gasteiger partial charge on any atom is -0.489 e. The first-order valence-electron chi connectivity index (χ1n) is 5.79. The highest BCUT2D eigenvalue weighted by Crippen LogP contribution is 2.35. The monoisotopic (exact) mass is 257 g/mol. The Bertz CT molecular complexity index is 403. The second-order valence-corrected chi connectivity index (χ2v) is 4.35. The molecule has 1 fully saturated rings. The third kappa shape index (κ3) is 3.57. The molecule has 0 spiro atoms. The molecule has 1 N–H and O–H groups in total. The van der Waals surface area contributed by atoms with Gasteiger partial charge in [-0.25, -0.2) is 0 Å². The topological polar surface area (TPSA) is 38.7 Å². The molecule has 2 rings (SSSR count). The zero-order valence-corrected chi connectivity index (χ0v) is 9.81. The first-order chi connectivity index (χ1) is 8.56. The van der Waals surface area contributed by atoms with Gasteiger partial charge in [0, 0.05) is 0 Å². The molecule has 1 aromatic rings. The van der Waals surface area contributed by atoms with Gasteiger partial charge in [0.2, 0.25) is 0 Å². The highest BCUT2D eigenvalue weighted by Gasteiger charge is 2.23. The van der Waals surface area contributed by atoms with Gasteiger partial charge in [0.25, 0.3) is 0 Å². The van der Waals surface area contributed by atoms with Crippen molar-refractivity contribution < 1.29 is 23.4 Å². The van der Waals surface area contributed by atoms with Gasteiger partial charge in [-0.15, -0.1) is 0 Å². The summed E-state index contributed by atoms with van der Waals surface area (Å²) in [5.74, 6) is 0.704. The standard InChI is InChI=1S/C13H15F2O3/c1-8(16)10-4-5-11(18-13(14)15)12(6-10)17-7-9-2-3-9/h4-6,8-9,13,16H,1-3,7H2. The highest BCUT2D eigenvalue weighted by molar-refractivity contribution is 5.43. The molecular formula is C13H15F2O3. The summed E-state index contributed by atoms with van der Waals surface area (Å²) >= 11 is 0. The number of rotatable bonds is 6. The largest absolute Gasteiger partial charge is 0.489 e. The molecule has 1 saturated carbocycles. The third-order valence-electron chi connectivity index (χ3n) is 2.74. The van der Waals surface area contributed by atoms with Crippen molar-refractivity contribution in [3.63, 3.8) is 0 Å². The van der Waals surface area contributed by atoms with Gasteiger partial charge in [-0.3, -0.25) is 0 Å². The van der Waals surface area contributed by atoms with Crippen LogP contribution in [0, 0.1) is 12.8 Å². The Morgan fingerprint density at radius 3 is 2.61 bits per heavy atom. The summed E-state index contributed by atoms with van der Waals surface area (Å²) in [6.45, 7) is 1.04. The molecule has 1 radical (unpaired) electrons. The van der Waals surface area contributed by atoms with Crippen LogP contribution in [0.5, 0.6) is 11.5 Å². The zero-order chi connectivity index (χ0) is 13.1. The maximum atomic E-state index is 12.2. The summed E-state index contributed by atoms with van der Waals surface area (Å²) in [6.07, 6.45) is 1.28. The molecule has 1 atom stereocenters. The van der Waals surface area contributed by atoms with Crippen LogP contribution in [0.4, 0.5) is 8.78 Å². The van der Waals surface area contributed by atoms with Crippen LogP contribution >= 0.6 is 0 Å². The van der Waals surface area contributed by atoms with Crippen molar-refractivity contribution in [2.24, 2.45) is 5.92 Å². The second-order valence-electron chi connectivity index (χ2n) is 4.35. The lowest BCUT2D eigenvalue weighted by Gasteiger charge is -2.14. The molecule has 1 unspecified atom stereocenters. The van der Waals surface area contributed by atoms with Crippen molar-refractivity contribution in [2.75, 3.05) is 6.61 Å². The molecule has 0 bridgehead atoms. The van der Waals surface area contributed by atoms with Crippen molar-refractivity contribution in [1.82, 2.24) is 0 Å². The van der Waals surface area contributed by atoms with E-state index in [4.69, 9.17) is 4.74 Å². The summed E-state index contributed by atoms with van der Waals surface area (Å²) in [5, 5.41) is 9.36. The van der Waals surface area contributed by atoms with E-state index in [0.29, 0.717) is 18.1 Å². The zero-order valence-electron chi connectivity index (χ0n) is 9.81. The van der Waals surface area contributed by atoms with Crippen LogP contribution in [0.1, 0.15) is 24.5 Å². The Morgan fingerprint density at radius 2 is 2.06 bits per heavy atom. The summed E-state index contributed by atoms with van der Waals surface area (Å²) in [7, 11) is 0. The van der Waals surface area contributed by atoms with Gasteiger partial charge in [0.05, 0.1) is 12.7 Å². The first kappa shape index (κ1) is 13.1. The molecule has 1 aliphatic carbocycles. The number of hydrogen-bond acceptors (Lipinski definition) is 3. The van der Waals surface area contributed by atoms with Crippen LogP contribution in [0.2, 0.25) is 0 Å². The van der Waals surface area contributed by atoms with Gasteiger partial charge in [-0.1, -0.05) is 6.07 Å². The third-order valence-corrected chi connectivity index (χ3v) is 2.74. The van der Waals surface area contributed by atoms with Gasteiger partial charge in [-0.2, -0.15) is 8.78 Å². The van der Waals surface area contributed by atoms with E-state index in [1.54, 1.807) is 0 Å². The van der Waals surface area contributed by atoms with Crippen LogP contribution in [0.3, 0.4) is 0 Å². The molecule has 0 aromatic heterocycles. The lowest BCUT2D eigenvalue weighted by molar-refractivity contribution is -0.0515. The number of alkyl halides is 2. The highest BCUT2D eigenvalue weighted by atomic mass is 19.3. The van der Waals surface area contributed by atoms with Crippen molar-refractivity contribution in [3.8, 4) is 11.5 Å². The van der Waals surface area contributed by atoms with Gasteiger partial charge in [0.1, 0.15) is 0 Å².